The molecule has 1 atom stereocenters. The molecular formula is C12H19N5. The van der Waals surface area contributed by atoms with Crippen molar-refractivity contribution in [1.29, 1.82) is 5.26 Å². The van der Waals surface area contributed by atoms with Gasteiger partial charge in [0.25, 0.3) is 0 Å². The van der Waals surface area contributed by atoms with E-state index in [0.29, 0.717) is 11.5 Å². The van der Waals surface area contributed by atoms with Gasteiger partial charge < -0.3 is 10.6 Å². The summed E-state index contributed by atoms with van der Waals surface area (Å²) < 4.78 is 1.81. The molecule has 2 heterocycles. The minimum absolute atomic E-state index is 0.533. The number of rotatable bonds is 2. The van der Waals surface area contributed by atoms with Crippen LogP contribution in [0, 0.1) is 24.2 Å². The highest BCUT2D eigenvalue weighted by Crippen LogP contribution is 2.27. The zero-order valence-corrected chi connectivity index (χ0v) is 10.5. The average Bonchev–Trinajstić information content (AvgIpc) is 2.63. The first kappa shape index (κ1) is 11.9. The van der Waals surface area contributed by atoms with Crippen molar-refractivity contribution in [2.75, 3.05) is 24.5 Å². The van der Waals surface area contributed by atoms with Gasteiger partial charge in [0.1, 0.15) is 17.5 Å². The molecule has 0 aliphatic carbocycles. The zero-order chi connectivity index (χ0) is 12.4. The SMILES string of the molecule is Cc1nn(C)c(N2CCCC(CN)C2)c1C#N. The molecule has 0 radical (unpaired) electrons. The molecule has 92 valence electrons. The molecule has 5 heteroatoms. The predicted molar refractivity (Wildman–Crippen MR) is 66.7 cm³/mol. The number of nitrogens with two attached hydrogens (primary N) is 1. The van der Waals surface area contributed by atoms with Crippen LogP contribution in [0.15, 0.2) is 0 Å². The van der Waals surface area contributed by atoms with Gasteiger partial charge >= 0.3 is 0 Å². The molecule has 1 fully saturated rings. The van der Waals surface area contributed by atoms with Crippen molar-refractivity contribution >= 4 is 5.82 Å². The third-order valence-electron chi connectivity index (χ3n) is 3.46. The van der Waals surface area contributed by atoms with Crippen LogP contribution in [-0.4, -0.2) is 29.4 Å². The Morgan fingerprint density at radius 1 is 1.59 bits per heavy atom. The minimum atomic E-state index is 0.533. The van der Waals surface area contributed by atoms with Gasteiger partial charge in [-0.1, -0.05) is 0 Å². The molecule has 1 aliphatic heterocycles. The van der Waals surface area contributed by atoms with Crippen molar-refractivity contribution in [3.8, 4) is 6.07 Å². The lowest BCUT2D eigenvalue weighted by Gasteiger charge is -2.33. The molecule has 0 saturated carbocycles. The lowest BCUT2D eigenvalue weighted by atomic mass is 9.98. The second-order valence-electron chi connectivity index (χ2n) is 4.71. The molecule has 17 heavy (non-hydrogen) atoms. The van der Waals surface area contributed by atoms with Gasteiger partial charge in [-0.05, 0) is 32.2 Å². The van der Waals surface area contributed by atoms with E-state index < -0.39 is 0 Å². The number of nitriles is 1. The normalized spacial score (nSPS) is 20.4. The van der Waals surface area contributed by atoms with Gasteiger partial charge in [-0.15, -0.1) is 0 Å². The quantitative estimate of drug-likeness (QED) is 0.819. The first-order chi connectivity index (χ1) is 8.17. The van der Waals surface area contributed by atoms with E-state index in [1.165, 1.54) is 6.42 Å². The molecule has 0 amide bonds. The van der Waals surface area contributed by atoms with E-state index in [2.05, 4.69) is 16.1 Å². The van der Waals surface area contributed by atoms with Crippen LogP contribution in [0.3, 0.4) is 0 Å². The van der Waals surface area contributed by atoms with Crippen LogP contribution >= 0.6 is 0 Å². The molecule has 1 aromatic rings. The maximum Gasteiger partial charge on any atom is 0.144 e. The smallest absolute Gasteiger partial charge is 0.144 e. The van der Waals surface area contributed by atoms with Gasteiger partial charge in [0.05, 0.1) is 5.69 Å². The molecule has 2 rings (SSSR count). The number of aryl methyl sites for hydroxylation is 2. The predicted octanol–water partition coefficient (Wildman–Crippen LogP) is 0.775. The van der Waals surface area contributed by atoms with Gasteiger partial charge in [0, 0.05) is 20.1 Å². The van der Waals surface area contributed by atoms with Crippen molar-refractivity contribution in [3.05, 3.63) is 11.3 Å². The number of hydrogen-bond donors (Lipinski definition) is 1. The molecule has 0 spiro atoms. The maximum atomic E-state index is 9.21. The molecule has 2 N–H and O–H groups in total. The number of nitrogens with zero attached hydrogens (tertiary/aromatic N) is 4. The fraction of sp³-hybridized carbons (Fsp3) is 0.667. The van der Waals surface area contributed by atoms with E-state index in [-0.39, 0.29) is 0 Å². The highest BCUT2D eigenvalue weighted by molar-refractivity contribution is 5.57. The van der Waals surface area contributed by atoms with E-state index in [0.717, 1.165) is 37.6 Å². The molecule has 1 saturated heterocycles. The molecule has 1 unspecified atom stereocenters. The summed E-state index contributed by atoms with van der Waals surface area (Å²) in [4.78, 5) is 2.25. The number of hydrogen-bond acceptors (Lipinski definition) is 4. The Bertz CT molecular complexity index is 442. The van der Waals surface area contributed by atoms with E-state index >= 15 is 0 Å². The van der Waals surface area contributed by atoms with Crippen molar-refractivity contribution in [2.24, 2.45) is 18.7 Å². The summed E-state index contributed by atoms with van der Waals surface area (Å²) >= 11 is 0. The minimum Gasteiger partial charge on any atom is -0.355 e. The maximum absolute atomic E-state index is 9.21. The molecular weight excluding hydrogens is 214 g/mol. The third-order valence-corrected chi connectivity index (χ3v) is 3.46. The Hall–Kier alpha value is -1.54. The summed E-state index contributed by atoms with van der Waals surface area (Å²) in [5.74, 6) is 1.48. The highest BCUT2D eigenvalue weighted by atomic mass is 15.4. The van der Waals surface area contributed by atoms with E-state index in [1.807, 2.05) is 18.7 Å². The first-order valence-corrected chi connectivity index (χ1v) is 6.06. The van der Waals surface area contributed by atoms with E-state index in [1.54, 1.807) is 0 Å². The molecule has 5 nitrogen and oxygen atoms in total. The van der Waals surface area contributed by atoms with Crippen LogP contribution < -0.4 is 10.6 Å². The standard InChI is InChI=1S/C12H19N5/c1-9-11(7-14)12(16(2)15-9)17-5-3-4-10(6-13)8-17/h10H,3-6,8,13H2,1-2H3. The highest BCUT2D eigenvalue weighted by Gasteiger charge is 2.24. The van der Waals surface area contributed by atoms with E-state index in [9.17, 15) is 5.26 Å². The van der Waals surface area contributed by atoms with E-state index in [4.69, 9.17) is 5.73 Å². The van der Waals surface area contributed by atoms with Crippen LogP contribution in [-0.2, 0) is 7.05 Å². The lowest BCUT2D eigenvalue weighted by molar-refractivity contribution is 0.418. The monoisotopic (exact) mass is 233 g/mol. The van der Waals surface area contributed by atoms with Crippen LogP contribution in [0.5, 0.6) is 0 Å². The average molecular weight is 233 g/mol. The first-order valence-electron chi connectivity index (χ1n) is 6.06. The third kappa shape index (κ3) is 2.13. The molecule has 0 bridgehead atoms. The topological polar surface area (TPSA) is 70.9 Å². The fourth-order valence-electron chi connectivity index (χ4n) is 2.59. The number of anilines is 1. The lowest BCUT2D eigenvalue weighted by Crippen LogP contribution is -2.39. The Morgan fingerprint density at radius 3 is 3.00 bits per heavy atom. The second kappa shape index (κ2) is 4.76. The Morgan fingerprint density at radius 2 is 2.35 bits per heavy atom. The van der Waals surface area contributed by atoms with Crippen molar-refractivity contribution < 1.29 is 0 Å². The van der Waals surface area contributed by atoms with Crippen LogP contribution in [0.1, 0.15) is 24.1 Å². The summed E-state index contributed by atoms with van der Waals surface area (Å²) in [6.07, 6.45) is 2.32. The second-order valence-corrected chi connectivity index (χ2v) is 4.71. The van der Waals surface area contributed by atoms with Gasteiger partial charge in [-0.2, -0.15) is 10.4 Å². The summed E-state index contributed by atoms with van der Waals surface area (Å²) in [7, 11) is 1.90. The Kier molecular flexibility index (Phi) is 3.34. The van der Waals surface area contributed by atoms with Gasteiger partial charge in [0.15, 0.2) is 0 Å². The summed E-state index contributed by atoms with van der Waals surface area (Å²) in [6, 6.07) is 2.26. The molecule has 0 aromatic carbocycles. The zero-order valence-electron chi connectivity index (χ0n) is 10.5. The molecule has 1 aromatic heterocycles. The van der Waals surface area contributed by atoms with Crippen LogP contribution in [0.25, 0.3) is 0 Å². The van der Waals surface area contributed by atoms with Crippen LogP contribution in [0.4, 0.5) is 5.82 Å². The number of aromatic nitrogens is 2. The van der Waals surface area contributed by atoms with Gasteiger partial charge in [0.2, 0.25) is 0 Å². The summed E-state index contributed by atoms with van der Waals surface area (Å²) in [5.41, 5.74) is 7.25. The summed E-state index contributed by atoms with van der Waals surface area (Å²) in [6.45, 7) is 4.52. The van der Waals surface area contributed by atoms with Crippen LogP contribution in [0.2, 0.25) is 0 Å². The van der Waals surface area contributed by atoms with Gasteiger partial charge in [-0.25, -0.2) is 0 Å². The van der Waals surface area contributed by atoms with Gasteiger partial charge in [-0.3, -0.25) is 4.68 Å². The van der Waals surface area contributed by atoms with Crippen molar-refractivity contribution in [2.45, 2.75) is 19.8 Å². The Labute approximate surface area is 102 Å². The van der Waals surface area contributed by atoms with Crippen molar-refractivity contribution in [1.82, 2.24) is 9.78 Å². The number of piperidine rings is 1. The summed E-state index contributed by atoms with van der Waals surface area (Å²) in [5, 5.41) is 13.5. The Balaban J connectivity index is 2.30. The van der Waals surface area contributed by atoms with Crippen molar-refractivity contribution in [3.63, 3.8) is 0 Å². The molecule has 1 aliphatic rings. The fourth-order valence-corrected chi connectivity index (χ4v) is 2.59. The largest absolute Gasteiger partial charge is 0.355 e.